The fourth-order valence-corrected chi connectivity index (χ4v) is 2.76. The van der Waals surface area contributed by atoms with Gasteiger partial charge in [0.15, 0.2) is 5.11 Å². The van der Waals surface area contributed by atoms with Gasteiger partial charge in [0.1, 0.15) is 5.82 Å². The Balaban J connectivity index is 2.06. The molecule has 0 spiro atoms. The lowest BCUT2D eigenvalue weighted by Crippen LogP contribution is -2.38. The molecule has 1 aromatic heterocycles. The molecule has 1 amide bonds. The summed E-state index contributed by atoms with van der Waals surface area (Å²) in [7, 11) is 0. The molecule has 9 heteroatoms. The molecule has 0 aliphatic carbocycles. The molecule has 0 bridgehead atoms. The highest BCUT2D eigenvalue weighted by atomic mass is 35.5. The van der Waals surface area contributed by atoms with Gasteiger partial charge in [0, 0.05) is 10.6 Å². The van der Waals surface area contributed by atoms with E-state index in [1.165, 1.54) is 11.8 Å². The highest BCUT2D eigenvalue weighted by molar-refractivity contribution is 7.99. The van der Waals surface area contributed by atoms with Crippen molar-refractivity contribution in [3.8, 4) is 0 Å². The molecule has 0 aliphatic heterocycles. The first-order chi connectivity index (χ1) is 10.9. The zero-order chi connectivity index (χ0) is 17.0. The summed E-state index contributed by atoms with van der Waals surface area (Å²) in [6, 6.07) is 5.09. The van der Waals surface area contributed by atoms with Gasteiger partial charge >= 0.3 is 0 Å². The molecule has 0 aliphatic rings. The van der Waals surface area contributed by atoms with Gasteiger partial charge in [-0.05, 0) is 49.5 Å². The number of nitrogens with one attached hydrogen (secondary N) is 2. The maximum absolute atomic E-state index is 12.2. The van der Waals surface area contributed by atoms with Crippen LogP contribution < -0.4 is 10.7 Å². The van der Waals surface area contributed by atoms with Crippen LogP contribution in [0.3, 0.4) is 0 Å². The largest absolute Gasteiger partial charge is 0.298 e. The van der Waals surface area contributed by atoms with Crippen molar-refractivity contribution >= 4 is 46.6 Å². The highest BCUT2D eigenvalue weighted by Crippen LogP contribution is 2.17. The highest BCUT2D eigenvalue weighted by Gasteiger charge is 2.13. The molecule has 1 heterocycles. The molecular formula is C14H16ClN5OS2. The first-order valence-electron chi connectivity index (χ1n) is 6.85. The minimum Gasteiger partial charge on any atom is -0.298 e. The zero-order valence-electron chi connectivity index (χ0n) is 12.9. The van der Waals surface area contributed by atoms with Crippen molar-refractivity contribution in [3.63, 3.8) is 0 Å². The molecule has 0 atom stereocenters. The second-order valence-electron chi connectivity index (χ2n) is 4.66. The number of amides is 1. The molecule has 0 saturated carbocycles. The molecule has 0 radical (unpaired) electrons. The average Bonchev–Trinajstić information content (AvgIpc) is 2.83. The molecule has 0 fully saturated rings. The van der Waals surface area contributed by atoms with Crippen molar-refractivity contribution < 1.29 is 4.79 Å². The van der Waals surface area contributed by atoms with Gasteiger partial charge in [0.05, 0.1) is 0 Å². The Hall–Kier alpha value is -1.64. The van der Waals surface area contributed by atoms with E-state index in [2.05, 4.69) is 20.9 Å². The van der Waals surface area contributed by atoms with E-state index >= 15 is 0 Å². The van der Waals surface area contributed by atoms with Crippen LogP contribution in [0, 0.1) is 13.8 Å². The van der Waals surface area contributed by atoms with E-state index in [-0.39, 0.29) is 11.0 Å². The summed E-state index contributed by atoms with van der Waals surface area (Å²) < 4.78 is 1.64. The number of thiocarbonyl (C=S) groups is 1. The van der Waals surface area contributed by atoms with E-state index in [9.17, 15) is 4.79 Å². The summed E-state index contributed by atoms with van der Waals surface area (Å²) in [5.74, 6) is 1.16. The monoisotopic (exact) mass is 369 g/mol. The molecule has 6 nitrogen and oxygen atoms in total. The number of thioether (sulfide) groups is 1. The normalized spacial score (nSPS) is 10.4. The van der Waals surface area contributed by atoms with Crippen LogP contribution in [0.25, 0.3) is 0 Å². The smallest absolute Gasteiger partial charge is 0.257 e. The first kappa shape index (κ1) is 17.7. The van der Waals surface area contributed by atoms with Crippen molar-refractivity contribution in [3.05, 3.63) is 40.2 Å². The minimum absolute atomic E-state index is 0.160. The number of halogens is 1. The third kappa shape index (κ3) is 4.43. The van der Waals surface area contributed by atoms with E-state index in [0.717, 1.165) is 11.3 Å². The van der Waals surface area contributed by atoms with Gasteiger partial charge in [-0.3, -0.25) is 15.5 Å². The van der Waals surface area contributed by atoms with Gasteiger partial charge in [0.25, 0.3) is 5.91 Å². The number of carbonyl (C=O) groups excluding carboxylic acids is 1. The molecule has 1 aromatic carbocycles. The van der Waals surface area contributed by atoms with Crippen LogP contribution >= 0.6 is 35.6 Å². The Morgan fingerprint density at radius 3 is 2.78 bits per heavy atom. The van der Waals surface area contributed by atoms with Crippen LogP contribution in [-0.2, 0) is 0 Å². The zero-order valence-corrected chi connectivity index (χ0v) is 15.3. The van der Waals surface area contributed by atoms with Gasteiger partial charge in [-0.1, -0.05) is 36.4 Å². The lowest BCUT2D eigenvalue weighted by atomic mass is 10.1. The van der Waals surface area contributed by atoms with Gasteiger partial charge in [-0.15, -0.1) is 10.2 Å². The van der Waals surface area contributed by atoms with Crippen LogP contribution in [0.15, 0.2) is 23.4 Å². The van der Waals surface area contributed by atoms with Crippen LogP contribution in [0.1, 0.15) is 28.7 Å². The summed E-state index contributed by atoms with van der Waals surface area (Å²) in [5, 5.41) is 12.0. The molecular weight excluding hydrogens is 354 g/mol. The third-order valence-corrected chi connectivity index (χ3v) is 4.35. The molecule has 23 heavy (non-hydrogen) atoms. The maximum Gasteiger partial charge on any atom is 0.257 e. The van der Waals surface area contributed by atoms with Crippen molar-refractivity contribution in [1.82, 2.24) is 20.2 Å². The molecule has 0 unspecified atom stereocenters. The van der Waals surface area contributed by atoms with Crippen molar-refractivity contribution in [1.29, 1.82) is 0 Å². The molecule has 2 aromatic rings. The Bertz CT molecular complexity index is 747. The Morgan fingerprint density at radius 2 is 2.13 bits per heavy atom. The lowest BCUT2D eigenvalue weighted by molar-refractivity contribution is 0.0977. The number of carbonyl (C=O) groups is 1. The predicted octanol–water partition coefficient (Wildman–Crippen LogP) is 2.92. The van der Waals surface area contributed by atoms with Gasteiger partial charge < -0.3 is 0 Å². The molecule has 2 rings (SSSR count). The number of rotatable bonds is 4. The summed E-state index contributed by atoms with van der Waals surface area (Å²) in [6.45, 7) is 5.68. The van der Waals surface area contributed by atoms with Gasteiger partial charge in [-0.25, -0.2) is 4.68 Å². The lowest BCUT2D eigenvalue weighted by Gasteiger charge is -2.13. The Labute approximate surface area is 149 Å². The van der Waals surface area contributed by atoms with E-state index in [4.69, 9.17) is 23.8 Å². The van der Waals surface area contributed by atoms with E-state index in [1.54, 1.807) is 29.8 Å². The topological polar surface area (TPSA) is 71.8 Å². The Morgan fingerprint density at radius 1 is 1.39 bits per heavy atom. The molecule has 2 N–H and O–H groups in total. The van der Waals surface area contributed by atoms with Gasteiger partial charge in [0.2, 0.25) is 5.16 Å². The van der Waals surface area contributed by atoms with Crippen molar-refractivity contribution in [2.75, 3.05) is 11.2 Å². The van der Waals surface area contributed by atoms with Crippen molar-refractivity contribution in [2.24, 2.45) is 0 Å². The molecule has 0 saturated heterocycles. The third-order valence-electron chi connectivity index (χ3n) is 2.94. The second kappa shape index (κ2) is 7.76. The average molecular weight is 370 g/mol. The summed E-state index contributed by atoms with van der Waals surface area (Å²) in [5.41, 5.74) is 4.25. The number of aromatic nitrogens is 3. The number of aryl methyl sites for hydroxylation is 2. The number of hydrogen-bond acceptors (Lipinski definition) is 5. The van der Waals surface area contributed by atoms with Crippen LogP contribution in [0.4, 0.5) is 0 Å². The standard InChI is InChI=1S/C14H16ClN5OS2/c1-4-23-14-18-17-9(3)20(14)19-13(22)16-12(21)10-6-5-8(2)11(15)7-10/h5-7H,4H2,1-3H3,(H2,16,19,21,22). The summed E-state index contributed by atoms with van der Waals surface area (Å²) >= 11 is 12.7. The van der Waals surface area contributed by atoms with Crippen molar-refractivity contribution in [2.45, 2.75) is 25.9 Å². The molecule has 122 valence electrons. The number of nitrogens with zero attached hydrogens (tertiary/aromatic N) is 3. The van der Waals surface area contributed by atoms with Gasteiger partial charge in [-0.2, -0.15) is 0 Å². The number of benzene rings is 1. The second-order valence-corrected chi connectivity index (χ2v) is 6.70. The fourth-order valence-electron chi connectivity index (χ4n) is 1.73. The predicted molar refractivity (Wildman–Crippen MR) is 96.8 cm³/mol. The summed E-state index contributed by atoms with van der Waals surface area (Å²) in [6.07, 6.45) is 0. The number of hydrogen-bond donors (Lipinski definition) is 2. The first-order valence-corrected chi connectivity index (χ1v) is 8.63. The minimum atomic E-state index is -0.333. The van der Waals surface area contributed by atoms with Crippen LogP contribution in [0.2, 0.25) is 5.02 Å². The Kier molecular flexibility index (Phi) is 5.97. The van der Waals surface area contributed by atoms with E-state index in [0.29, 0.717) is 21.6 Å². The van der Waals surface area contributed by atoms with Crippen LogP contribution in [-0.4, -0.2) is 31.6 Å². The SMILES string of the molecule is CCSc1nnc(C)n1NC(=S)NC(=O)c1ccc(C)c(Cl)c1. The maximum atomic E-state index is 12.2. The van der Waals surface area contributed by atoms with E-state index in [1.807, 2.05) is 13.8 Å². The summed E-state index contributed by atoms with van der Waals surface area (Å²) in [4.78, 5) is 12.2. The van der Waals surface area contributed by atoms with E-state index < -0.39 is 0 Å². The van der Waals surface area contributed by atoms with Crippen LogP contribution in [0.5, 0.6) is 0 Å². The quantitative estimate of drug-likeness (QED) is 0.637. The fraction of sp³-hybridized carbons (Fsp3) is 0.286.